The van der Waals surface area contributed by atoms with Crippen LogP contribution < -0.4 is 0 Å². The minimum atomic E-state index is 0.0748. The third-order valence-corrected chi connectivity index (χ3v) is 12.0. The van der Waals surface area contributed by atoms with E-state index >= 15 is 0 Å². The molecule has 0 nitrogen and oxygen atoms in total. The molecule has 0 amide bonds. The third-order valence-electron chi connectivity index (χ3n) is 12.0. The predicted molar refractivity (Wildman–Crippen MR) is 222 cm³/mol. The highest BCUT2D eigenvalue weighted by Crippen LogP contribution is 2.47. The molecule has 0 heteroatoms. The smallest absolute Gasteiger partial charge is 0.00134 e. The van der Waals surface area contributed by atoms with Crippen LogP contribution in [-0.2, 0) is 18.3 Å². The normalized spacial score (nSPS) is 13.1. The van der Waals surface area contributed by atoms with E-state index in [0.29, 0.717) is 0 Å². The van der Waals surface area contributed by atoms with Gasteiger partial charge in [0.2, 0.25) is 0 Å². The first-order valence-electron chi connectivity index (χ1n) is 18.7. The SMILES string of the molecule is CC(C)(C)c1cc2ccc3c(-c4ccc(-c5ccc6c(c5)-c5ccccc5C6)cc4)cc(-c4ccc5c(c4)-c4ccccc4C5)c4ccc(c1)c2c34. The molecule has 0 spiro atoms. The van der Waals surface area contributed by atoms with E-state index in [1.807, 2.05) is 0 Å². The molecular weight excluding hydrogens is 625 g/mol. The van der Waals surface area contributed by atoms with Crippen LogP contribution in [0.15, 0.2) is 152 Å². The Hall–Kier alpha value is -5.98. The maximum atomic E-state index is 2.46. The Kier molecular flexibility index (Phi) is 6.15. The molecule has 2 aliphatic rings. The van der Waals surface area contributed by atoms with E-state index in [4.69, 9.17) is 0 Å². The van der Waals surface area contributed by atoms with Crippen molar-refractivity contribution in [2.24, 2.45) is 0 Å². The molecule has 9 aromatic rings. The van der Waals surface area contributed by atoms with E-state index in [2.05, 4.69) is 172 Å². The van der Waals surface area contributed by atoms with Crippen molar-refractivity contribution in [3.8, 4) is 55.6 Å². The molecule has 246 valence electrons. The largest absolute Gasteiger partial charge is 0.0619 e. The predicted octanol–water partition coefficient (Wildman–Crippen LogP) is 14.0. The van der Waals surface area contributed by atoms with Crippen molar-refractivity contribution in [3.63, 3.8) is 0 Å². The fourth-order valence-corrected chi connectivity index (χ4v) is 9.26. The van der Waals surface area contributed by atoms with Crippen LogP contribution in [0.5, 0.6) is 0 Å². The van der Waals surface area contributed by atoms with Crippen molar-refractivity contribution in [3.05, 3.63) is 179 Å². The van der Waals surface area contributed by atoms with Crippen molar-refractivity contribution in [2.75, 3.05) is 0 Å². The van der Waals surface area contributed by atoms with Gasteiger partial charge in [-0.15, -0.1) is 0 Å². The zero-order valence-electron chi connectivity index (χ0n) is 29.8. The van der Waals surface area contributed by atoms with Gasteiger partial charge in [-0.1, -0.05) is 154 Å². The second-order valence-corrected chi connectivity index (χ2v) is 16.1. The molecule has 2 aliphatic carbocycles. The summed E-state index contributed by atoms with van der Waals surface area (Å²) in [6.45, 7) is 6.94. The summed E-state index contributed by atoms with van der Waals surface area (Å²) in [6, 6.07) is 58.0. The van der Waals surface area contributed by atoms with Gasteiger partial charge in [0.15, 0.2) is 0 Å². The summed E-state index contributed by atoms with van der Waals surface area (Å²) >= 11 is 0. The van der Waals surface area contributed by atoms with Gasteiger partial charge in [-0.05, 0) is 152 Å². The number of hydrogen-bond acceptors (Lipinski definition) is 0. The highest BCUT2D eigenvalue weighted by molar-refractivity contribution is 6.28. The van der Waals surface area contributed by atoms with Crippen LogP contribution in [0.3, 0.4) is 0 Å². The second-order valence-electron chi connectivity index (χ2n) is 16.1. The summed E-state index contributed by atoms with van der Waals surface area (Å²) in [7, 11) is 0. The molecule has 0 fully saturated rings. The van der Waals surface area contributed by atoms with Crippen molar-refractivity contribution >= 4 is 32.3 Å². The summed E-state index contributed by atoms with van der Waals surface area (Å²) in [5.41, 5.74) is 20.3. The lowest BCUT2D eigenvalue weighted by atomic mass is 9.81. The Morgan fingerprint density at radius 3 is 1.42 bits per heavy atom. The number of hydrogen-bond donors (Lipinski definition) is 0. The zero-order chi connectivity index (χ0) is 34.7. The molecule has 0 unspecified atom stereocenters. The molecule has 0 aliphatic heterocycles. The Balaban J connectivity index is 1.11. The van der Waals surface area contributed by atoms with Crippen molar-refractivity contribution < 1.29 is 0 Å². The Labute approximate surface area is 305 Å². The van der Waals surface area contributed by atoms with E-state index in [0.717, 1.165) is 12.8 Å². The lowest BCUT2D eigenvalue weighted by Gasteiger charge is -2.23. The molecule has 52 heavy (non-hydrogen) atoms. The molecular formula is C52H38. The second kappa shape index (κ2) is 10.8. The maximum Gasteiger partial charge on any atom is -0.00134 e. The Bertz CT molecular complexity index is 2890. The monoisotopic (exact) mass is 662 g/mol. The lowest BCUT2D eigenvalue weighted by Crippen LogP contribution is -2.10. The van der Waals surface area contributed by atoms with E-state index in [9.17, 15) is 0 Å². The van der Waals surface area contributed by atoms with Crippen LogP contribution in [0, 0.1) is 0 Å². The highest BCUT2D eigenvalue weighted by Gasteiger charge is 2.23. The van der Waals surface area contributed by atoms with Crippen LogP contribution in [-0.4, -0.2) is 0 Å². The first-order valence-corrected chi connectivity index (χ1v) is 18.7. The Morgan fingerprint density at radius 2 is 0.827 bits per heavy atom. The van der Waals surface area contributed by atoms with Crippen LogP contribution in [0.4, 0.5) is 0 Å². The van der Waals surface area contributed by atoms with Gasteiger partial charge in [-0.3, -0.25) is 0 Å². The fraction of sp³-hybridized carbons (Fsp3) is 0.115. The molecule has 9 aromatic carbocycles. The van der Waals surface area contributed by atoms with Crippen LogP contribution >= 0.6 is 0 Å². The van der Waals surface area contributed by atoms with Gasteiger partial charge in [0, 0.05) is 0 Å². The van der Waals surface area contributed by atoms with Crippen molar-refractivity contribution in [2.45, 2.75) is 39.0 Å². The topological polar surface area (TPSA) is 0 Å². The van der Waals surface area contributed by atoms with Gasteiger partial charge in [0.05, 0.1) is 0 Å². The molecule has 0 heterocycles. The van der Waals surface area contributed by atoms with E-state index in [-0.39, 0.29) is 5.41 Å². The highest BCUT2D eigenvalue weighted by atomic mass is 14.3. The van der Waals surface area contributed by atoms with Crippen LogP contribution in [0.1, 0.15) is 48.6 Å². The van der Waals surface area contributed by atoms with Crippen LogP contribution in [0.25, 0.3) is 88.0 Å². The minimum Gasteiger partial charge on any atom is -0.0619 e. The lowest BCUT2D eigenvalue weighted by molar-refractivity contribution is 0.591. The van der Waals surface area contributed by atoms with E-state index < -0.39 is 0 Å². The summed E-state index contributed by atoms with van der Waals surface area (Å²) in [5, 5.41) is 8.01. The van der Waals surface area contributed by atoms with Gasteiger partial charge < -0.3 is 0 Å². The first kappa shape index (κ1) is 29.7. The standard InChI is InChI=1S/C52H38/c1-52(2,3)41-26-39-20-22-44-48(32-14-12-31(13-15-32)33-16-17-36-24-34-8-4-6-10-42(34)46(36)28-33)30-49(45-23-21-40(27-41)50(39)51(44)45)38-19-18-37-25-35-9-5-7-11-43(35)47(37)29-38/h4-23,26-30H,24-25H2,1-3H3. The Morgan fingerprint density at radius 1 is 0.346 bits per heavy atom. The maximum absolute atomic E-state index is 2.46. The minimum absolute atomic E-state index is 0.0748. The van der Waals surface area contributed by atoms with Crippen molar-refractivity contribution in [1.29, 1.82) is 0 Å². The summed E-state index contributed by atoms with van der Waals surface area (Å²) < 4.78 is 0. The fourth-order valence-electron chi connectivity index (χ4n) is 9.26. The van der Waals surface area contributed by atoms with Gasteiger partial charge in [-0.25, -0.2) is 0 Å². The van der Waals surface area contributed by atoms with Gasteiger partial charge >= 0.3 is 0 Å². The number of fused-ring (bicyclic) bond motifs is 6. The van der Waals surface area contributed by atoms with Gasteiger partial charge in [0.25, 0.3) is 0 Å². The third kappa shape index (κ3) is 4.40. The average molecular weight is 663 g/mol. The number of benzene rings is 9. The van der Waals surface area contributed by atoms with E-state index in [1.165, 1.54) is 116 Å². The molecule has 0 bridgehead atoms. The van der Waals surface area contributed by atoms with E-state index in [1.54, 1.807) is 0 Å². The van der Waals surface area contributed by atoms with Crippen molar-refractivity contribution in [1.82, 2.24) is 0 Å². The summed E-state index contributed by atoms with van der Waals surface area (Å²) in [4.78, 5) is 0. The summed E-state index contributed by atoms with van der Waals surface area (Å²) in [6.07, 6.45) is 2.03. The molecule has 0 atom stereocenters. The molecule has 0 N–H and O–H groups in total. The number of rotatable bonds is 3. The summed E-state index contributed by atoms with van der Waals surface area (Å²) in [5.74, 6) is 0. The van der Waals surface area contributed by atoms with Crippen LogP contribution in [0.2, 0.25) is 0 Å². The first-order chi connectivity index (χ1) is 25.4. The molecule has 11 rings (SSSR count). The quantitative estimate of drug-likeness (QED) is 0.165. The van der Waals surface area contributed by atoms with Gasteiger partial charge in [-0.2, -0.15) is 0 Å². The zero-order valence-corrected chi connectivity index (χ0v) is 29.8. The molecule has 0 saturated carbocycles. The van der Waals surface area contributed by atoms with Gasteiger partial charge in [0.1, 0.15) is 0 Å². The average Bonchev–Trinajstić information content (AvgIpc) is 3.74. The molecule has 0 aromatic heterocycles. The molecule has 0 saturated heterocycles. The molecule has 0 radical (unpaired) electrons.